The maximum Gasteiger partial charge on any atom is 0.225 e. The molecule has 0 aromatic rings. The second-order valence-corrected chi connectivity index (χ2v) is 6.62. The fraction of sp³-hybridized carbons (Fsp3) is 0.933. The normalized spacial score (nSPS) is 27.7. The molecule has 0 radical (unpaired) electrons. The van der Waals surface area contributed by atoms with Crippen molar-refractivity contribution in [3.63, 3.8) is 0 Å². The molecule has 2 aliphatic heterocycles. The molecule has 1 aliphatic carbocycles. The van der Waals surface area contributed by atoms with E-state index in [0.717, 1.165) is 38.8 Å². The van der Waals surface area contributed by atoms with E-state index in [0.29, 0.717) is 23.9 Å². The van der Waals surface area contributed by atoms with Gasteiger partial charge in [0.2, 0.25) is 5.91 Å². The molecule has 0 aromatic carbocycles. The van der Waals surface area contributed by atoms with Gasteiger partial charge >= 0.3 is 0 Å². The Bertz CT molecular complexity index is 313. The van der Waals surface area contributed by atoms with Gasteiger partial charge in [-0.3, -0.25) is 4.79 Å². The number of rotatable bonds is 3. The van der Waals surface area contributed by atoms with E-state index in [4.69, 9.17) is 0 Å². The van der Waals surface area contributed by atoms with Crippen LogP contribution in [0.2, 0.25) is 0 Å². The SMILES string of the molecule is CN1CCC(NC2CCN(C(=O)C3CC3)CC2)CC1. The number of hydrogen-bond acceptors (Lipinski definition) is 3. The molecule has 3 rings (SSSR count). The number of likely N-dealkylation sites (tertiary alicyclic amines) is 2. The van der Waals surface area contributed by atoms with E-state index in [9.17, 15) is 4.79 Å². The van der Waals surface area contributed by atoms with Crippen molar-refractivity contribution < 1.29 is 4.79 Å². The van der Waals surface area contributed by atoms with E-state index >= 15 is 0 Å². The van der Waals surface area contributed by atoms with Gasteiger partial charge < -0.3 is 15.1 Å². The summed E-state index contributed by atoms with van der Waals surface area (Å²) in [6.45, 7) is 4.38. The number of hydrogen-bond donors (Lipinski definition) is 1. The van der Waals surface area contributed by atoms with Crippen LogP contribution in [0, 0.1) is 5.92 Å². The maximum absolute atomic E-state index is 12.0. The minimum absolute atomic E-state index is 0.387. The van der Waals surface area contributed by atoms with Gasteiger partial charge in [-0.1, -0.05) is 0 Å². The molecule has 1 saturated carbocycles. The molecule has 1 N–H and O–H groups in total. The van der Waals surface area contributed by atoms with E-state index in [1.165, 1.54) is 25.9 Å². The third-order valence-electron chi connectivity index (χ3n) is 4.92. The fourth-order valence-electron chi connectivity index (χ4n) is 3.36. The molecule has 2 saturated heterocycles. The molecule has 4 heteroatoms. The molecule has 19 heavy (non-hydrogen) atoms. The van der Waals surface area contributed by atoms with Crippen molar-refractivity contribution in [3.05, 3.63) is 0 Å². The Morgan fingerprint density at radius 2 is 1.42 bits per heavy atom. The Kier molecular flexibility index (Phi) is 4.08. The van der Waals surface area contributed by atoms with Gasteiger partial charge in [0.15, 0.2) is 0 Å². The summed E-state index contributed by atoms with van der Waals surface area (Å²) in [6.07, 6.45) is 7.10. The monoisotopic (exact) mass is 265 g/mol. The predicted molar refractivity (Wildman–Crippen MR) is 76.0 cm³/mol. The summed E-state index contributed by atoms with van der Waals surface area (Å²) in [5.74, 6) is 0.816. The topological polar surface area (TPSA) is 35.6 Å². The number of nitrogens with one attached hydrogen (secondary N) is 1. The molecule has 0 aromatic heterocycles. The van der Waals surface area contributed by atoms with Crippen LogP contribution in [-0.4, -0.2) is 61.0 Å². The Morgan fingerprint density at radius 1 is 0.895 bits per heavy atom. The molecule has 1 amide bonds. The zero-order valence-electron chi connectivity index (χ0n) is 12.1. The third kappa shape index (κ3) is 3.48. The lowest BCUT2D eigenvalue weighted by atomic mass is 9.99. The van der Waals surface area contributed by atoms with Gasteiger partial charge in [-0.05, 0) is 58.7 Å². The van der Waals surface area contributed by atoms with Crippen LogP contribution in [-0.2, 0) is 4.79 Å². The van der Waals surface area contributed by atoms with Crippen LogP contribution < -0.4 is 5.32 Å². The molecule has 4 nitrogen and oxygen atoms in total. The Balaban J connectivity index is 1.39. The lowest BCUT2D eigenvalue weighted by Gasteiger charge is -2.37. The molecular weight excluding hydrogens is 238 g/mol. The van der Waals surface area contributed by atoms with Crippen molar-refractivity contribution in [2.75, 3.05) is 33.2 Å². The van der Waals surface area contributed by atoms with Gasteiger partial charge in [-0.2, -0.15) is 0 Å². The Morgan fingerprint density at radius 3 is 1.95 bits per heavy atom. The van der Waals surface area contributed by atoms with Crippen LogP contribution in [0.25, 0.3) is 0 Å². The summed E-state index contributed by atoms with van der Waals surface area (Å²) in [4.78, 5) is 16.5. The molecular formula is C15H27N3O. The van der Waals surface area contributed by atoms with Crippen LogP contribution in [0.5, 0.6) is 0 Å². The van der Waals surface area contributed by atoms with Crippen LogP contribution in [0.15, 0.2) is 0 Å². The van der Waals surface area contributed by atoms with Gasteiger partial charge in [-0.25, -0.2) is 0 Å². The van der Waals surface area contributed by atoms with E-state index < -0.39 is 0 Å². The zero-order valence-corrected chi connectivity index (χ0v) is 12.1. The van der Waals surface area contributed by atoms with E-state index in [1.807, 2.05) is 0 Å². The first kappa shape index (κ1) is 13.4. The van der Waals surface area contributed by atoms with Crippen LogP contribution in [0.4, 0.5) is 0 Å². The lowest BCUT2D eigenvalue weighted by Crippen LogP contribution is -2.50. The highest BCUT2D eigenvalue weighted by molar-refractivity contribution is 5.81. The van der Waals surface area contributed by atoms with Crippen molar-refractivity contribution in [1.82, 2.24) is 15.1 Å². The fourth-order valence-corrected chi connectivity index (χ4v) is 3.36. The van der Waals surface area contributed by atoms with Gasteiger partial charge in [0.05, 0.1) is 0 Å². The maximum atomic E-state index is 12.0. The minimum atomic E-state index is 0.387. The average molecular weight is 265 g/mol. The van der Waals surface area contributed by atoms with Gasteiger partial charge in [0, 0.05) is 31.1 Å². The highest BCUT2D eigenvalue weighted by Crippen LogP contribution is 2.32. The molecule has 3 aliphatic rings. The predicted octanol–water partition coefficient (Wildman–Crippen LogP) is 1.07. The lowest BCUT2D eigenvalue weighted by molar-refractivity contribution is -0.133. The minimum Gasteiger partial charge on any atom is -0.342 e. The second kappa shape index (κ2) is 5.80. The highest BCUT2D eigenvalue weighted by atomic mass is 16.2. The highest BCUT2D eigenvalue weighted by Gasteiger charge is 2.35. The molecule has 3 fully saturated rings. The van der Waals surface area contributed by atoms with Crippen molar-refractivity contribution in [2.24, 2.45) is 5.92 Å². The third-order valence-corrected chi connectivity index (χ3v) is 4.92. The summed E-state index contributed by atoms with van der Waals surface area (Å²) in [6, 6.07) is 1.34. The standard InChI is InChI=1S/C15H27N3O/c1-17-8-4-13(5-9-17)16-14-6-10-18(11-7-14)15(19)12-2-3-12/h12-14,16H,2-11H2,1H3. The zero-order chi connectivity index (χ0) is 13.2. The number of piperidine rings is 2. The second-order valence-electron chi connectivity index (χ2n) is 6.62. The van der Waals surface area contributed by atoms with Crippen molar-refractivity contribution in [3.8, 4) is 0 Å². The van der Waals surface area contributed by atoms with Gasteiger partial charge in [-0.15, -0.1) is 0 Å². The molecule has 0 bridgehead atoms. The van der Waals surface area contributed by atoms with Crippen molar-refractivity contribution in [1.29, 1.82) is 0 Å². The number of carbonyl (C=O) groups excluding carboxylic acids is 1. The first-order valence-electron chi connectivity index (χ1n) is 7.96. The molecule has 108 valence electrons. The van der Waals surface area contributed by atoms with Crippen molar-refractivity contribution in [2.45, 2.75) is 50.6 Å². The first-order chi connectivity index (χ1) is 9.22. The van der Waals surface area contributed by atoms with E-state index in [1.54, 1.807) is 0 Å². The molecule has 0 atom stereocenters. The van der Waals surface area contributed by atoms with Crippen LogP contribution >= 0.6 is 0 Å². The molecule has 2 heterocycles. The largest absolute Gasteiger partial charge is 0.342 e. The van der Waals surface area contributed by atoms with Gasteiger partial charge in [0.1, 0.15) is 0 Å². The molecule has 0 unspecified atom stereocenters. The first-order valence-corrected chi connectivity index (χ1v) is 7.96. The summed E-state index contributed by atoms with van der Waals surface area (Å²) >= 11 is 0. The molecule has 0 spiro atoms. The smallest absolute Gasteiger partial charge is 0.225 e. The van der Waals surface area contributed by atoms with Crippen LogP contribution in [0.3, 0.4) is 0 Å². The number of nitrogens with zero attached hydrogens (tertiary/aromatic N) is 2. The van der Waals surface area contributed by atoms with Crippen LogP contribution in [0.1, 0.15) is 38.5 Å². The summed E-state index contributed by atoms with van der Waals surface area (Å²) in [5, 5.41) is 3.82. The van der Waals surface area contributed by atoms with Gasteiger partial charge in [0.25, 0.3) is 0 Å². The average Bonchev–Trinajstić information content (AvgIpc) is 3.26. The van der Waals surface area contributed by atoms with E-state index in [2.05, 4.69) is 22.2 Å². The number of carbonyl (C=O) groups is 1. The quantitative estimate of drug-likeness (QED) is 0.829. The Hall–Kier alpha value is -0.610. The summed E-state index contributed by atoms with van der Waals surface area (Å²) < 4.78 is 0. The van der Waals surface area contributed by atoms with E-state index in [-0.39, 0.29) is 0 Å². The Labute approximate surface area is 116 Å². The van der Waals surface area contributed by atoms with Crippen molar-refractivity contribution >= 4 is 5.91 Å². The summed E-state index contributed by atoms with van der Waals surface area (Å²) in [5.41, 5.74) is 0. The number of amides is 1. The summed E-state index contributed by atoms with van der Waals surface area (Å²) in [7, 11) is 2.21.